The number of hydrogen-bond acceptors (Lipinski definition) is 1. The molecule has 0 rings (SSSR count). The van der Waals surface area contributed by atoms with Gasteiger partial charge in [-0.25, -0.2) is 0 Å². The van der Waals surface area contributed by atoms with Gasteiger partial charge in [-0.05, 0) is 24.8 Å². The van der Waals surface area contributed by atoms with E-state index in [1.165, 1.54) is 12.8 Å². The second-order valence-electron chi connectivity index (χ2n) is 2.36. The van der Waals surface area contributed by atoms with E-state index in [4.69, 9.17) is 5.11 Å². The van der Waals surface area contributed by atoms with E-state index in [2.05, 4.69) is 19.2 Å². The van der Waals surface area contributed by atoms with E-state index >= 15 is 0 Å². The van der Waals surface area contributed by atoms with Crippen LogP contribution in [0.2, 0.25) is 0 Å². The van der Waals surface area contributed by atoms with Gasteiger partial charge in [0.15, 0.2) is 0 Å². The molecule has 0 bridgehead atoms. The topological polar surface area (TPSA) is 20.2 Å². The highest BCUT2D eigenvalue weighted by Crippen LogP contribution is 2.08. The first-order valence-corrected chi connectivity index (χ1v) is 3.83. The van der Waals surface area contributed by atoms with Crippen LogP contribution in [0.5, 0.6) is 0 Å². The van der Waals surface area contributed by atoms with Crippen molar-refractivity contribution in [2.45, 2.75) is 32.6 Å². The summed E-state index contributed by atoms with van der Waals surface area (Å²) in [5.74, 6) is 0. The summed E-state index contributed by atoms with van der Waals surface area (Å²) in [7, 11) is 0. The lowest BCUT2D eigenvalue weighted by Crippen LogP contribution is -1.87. The summed E-state index contributed by atoms with van der Waals surface area (Å²) in [5.41, 5.74) is 4.00. The minimum absolute atomic E-state index is 0.224. The van der Waals surface area contributed by atoms with Gasteiger partial charge in [-0.2, -0.15) is 0 Å². The van der Waals surface area contributed by atoms with E-state index in [9.17, 15) is 0 Å². The highest BCUT2D eigenvalue weighted by molar-refractivity contribution is 4.98. The Hall–Kier alpha value is -0.520. The molecule has 1 N–H and O–H groups in total. The normalized spacial score (nSPS) is 9.00. The summed E-state index contributed by atoms with van der Waals surface area (Å²) in [5, 5.41) is 8.58. The third-order valence-electron chi connectivity index (χ3n) is 1.50. The number of aliphatic hydroxyl groups excluding tert-OH is 1. The van der Waals surface area contributed by atoms with Crippen molar-refractivity contribution in [2.24, 2.45) is 0 Å². The van der Waals surface area contributed by atoms with Crippen LogP contribution in [0.3, 0.4) is 0 Å². The Morgan fingerprint density at radius 2 is 2.20 bits per heavy atom. The summed E-state index contributed by atoms with van der Waals surface area (Å²) in [6.07, 6.45) is 4.15. The molecule has 0 aliphatic rings. The molecule has 0 fully saturated rings. The maximum Gasteiger partial charge on any atom is 0.0474 e. The number of hydrogen-bond donors (Lipinski definition) is 1. The molecule has 10 heavy (non-hydrogen) atoms. The van der Waals surface area contributed by atoms with Gasteiger partial charge in [0.2, 0.25) is 0 Å². The molecule has 58 valence electrons. The lowest BCUT2D eigenvalue weighted by atomic mass is 10.1. The molecule has 0 saturated heterocycles. The molecular weight excluding hydrogens is 124 g/mol. The Balaban J connectivity index is 3.52. The minimum atomic E-state index is 0.224. The van der Waals surface area contributed by atoms with Crippen LogP contribution >= 0.6 is 0 Å². The molecule has 0 aromatic heterocycles. The van der Waals surface area contributed by atoms with Crippen LogP contribution in [0.4, 0.5) is 0 Å². The van der Waals surface area contributed by atoms with Crippen LogP contribution in [0, 0.1) is 0 Å². The predicted octanol–water partition coefficient (Wildman–Crippen LogP) is 2.27. The molecule has 0 radical (unpaired) electrons. The zero-order valence-electron chi connectivity index (χ0n) is 6.69. The van der Waals surface area contributed by atoms with E-state index in [0.29, 0.717) is 0 Å². The van der Waals surface area contributed by atoms with Gasteiger partial charge in [-0.15, -0.1) is 5.73 Å². The van der Waals surface area contributed by atoms with Gasteiger partial charge in [0.05, 0.1) is 0 Å². The van der Waals surface area contributed by atoms with Gasteiger partial charge in [0.1, 0.15) is 0 Å². The molecule has 1 nitrogen and oxygen atoms in total. The monoisotopic (exact) mass is 140 g/mol. The third kappa shape index (κ3) is 4.37. The zero-order valence-corrected chi connectivity index (χ0v) is 6.69. The average molecular weight is 140 g/mol. The largest absolute Gasteiger partial charge is 0.396 e. The zero-order chi connectivity index (χ0) is 7.82. The molecule has 0 saturated carbocycles. The smallest absolute Gasteiger partial charge is 0.0474 e. The van der Waals surface area contributed by atoms with Crippen molar-refractivity contribution >= 4 is 0 Å². The first kappa shape index (κ1) is 9.48. The Morgan fingerprint density at radius 3 is 2.60 bits per heavy atom. The van der Waals surface area contributed by atoms with E-state index in [-0.39, 0.29) is 6.61 Å². The lowest BCUT2D eigenvalue weighted by Gasteiger charge is -1.99. The van der Waals surface area contributed by atoms with Crippen LogP contribution in [-0.2, 0) is 0 Å². The van der Waals surface area contributed by atoms with Crippen molar-refractivity contribution in [1.82, 2.24) is 0 Å². The lowest BCUT2D eigenvalue weighted by molar-refractivity contribution is 0.297. The second-order valence-corrected chi connectivity index (χ2v) is 2.36. The van der Waals surface area contributed by atoms with Crippen molar-refractivity contribution in [2.75, 3.05) is 6.61 Å². The fourth-order valence-corrected chi connectivity index (χ4v) is 0.827. The van der Waals surface area contributed by atoms with Gasteiger partial charge in [-0.3, -0.25) is 0 Å². The van der Waals surface area contributed by atoms with Crippen molar-refractivity contribution in [3.63, 3.8) is 0 Å². The van der Waals surface area contributed by atoms with Crippen LogP contribution in [-0.4, -0.2) is 11.7 Å². The van der Waals surface area contributed by atoms with E-state index in [0.717, 1.165) is 18.4 Å². The first-order chi connectivity index (χ1) is 4.85. The minimum Gasteiger partial charge on any atom is -0.396 e. The summed E-state index contributed by atoms with van der Waals surface area (Å²) >= 11 is 0. The SMILES string of the molecule is C=C=C(CCO)CCCC. The summed E-state index contributed by atoms with van der Waals surface area (Å²) in [4.78, 5) is 0. The van der Waals surface area contributed by atoms with Crippen LogP contribution in [0.15, 0.2) is 17.9 Å². The molecule has 0 aliphatic carbocycles. The number of unbranched alkanes of at least 4 members (excludes halogenated alkanes) is 1. The Morgan fingerprint density at radius 1 is 1.50 bits per heavy atom. The highest BCUT2D eigenvalue weighted by atomic mass is 16.2. The molecule has 0 aromatic carbocycles. The van der Waals surface area contributed by atoms with Gasteiger partial charge < -0.3 is 5.11 Å². The fraction of sp³-hybridized carbons (Fsp3) is 0.667. The molecular formula is C9H16O. The Kier molecular flexibility index (Phi) is 6.25. The maximum atomic E-state index is 8.58. The van der Waals surface area contributed by atoms with Gasteiger partial charge in [0.25, 0.3) is 0 Å². The van der Waals surface area contributed by atoms with Crippen molar-refractivity contribution in [1.29, 1.82) is 0 Å². The van der Waals surface area contributed by atoms with Crippen LogP contribution in [0.25, 0.3) is 0 Å². The number of rotatable bonds is 5. The predicted molar refractivity (Wildman–Crippen MR) is 43.9 cm³/mol. The van der Waals surface area contributed by atoms with E-state index in [1.54, 1.807) is 0 Å². The molecule has 0 atom stereocenters. The fourth-order valence-electron chi connectivity index (χ4n) is 0.827. The molecule has 0 unspecified atom stereocenters. The first-order valence-electron chi connectivity index (χ1n) is 3.83. The van der Waals surface area contributed by atoms with Crippen LogP contribution < -0.4 is 0 Å². The molecule has 0 amide bonds. The molecule has 0 heterocycles. The van der Waals surface area contributed by atoms with Crippen molar-refractivity contribution < 1.29 is 5.11 Å². The standard InChI is InChI=1S/C9H16O/c1-3-5-6-9(4-2)7-8-10/h10H,2-3,5-8H2,1H3. The Bertz CT molecular complexity index is 121. The summed E-state index contributed by atoms with van der Waals surface area (Å²) in [6, 6.07) is 0. The van der Waals surface area contributed by atoms with E-state index < -0.39 is 0 Å². The molecule has 0 aromatic rings. The maximum absolute atomic E-state index is 8.58. The third-order valence-corrected chi connectivity index (χ3v) is 1.50. The Labute approximate surface area is 63.1 Å². The highest BCUT2D eigenvalue weighted by Gasteiger charge is 1.93. The second kappa shape index (κ2) is 6.60. The molecule has 0 aliphatic heterocycles. The summed E-state index contributed by atoms with van der Waals surface area (Å²) < 4.78 is 0. The van der Waals surface area contributed by atoms with Gasteiger partial charge in [-0.1, -0.05) is 19.9 Å². The van der Waals surface area contributed by atoms with Crippen molar-refractivity contribution in [3.05, 3.63) is 17.9 Å². The summed E-state index contributed by atoms with van der Waals surface area (Å²) in [6.45, 7) is 5.94. The van der Waals surface area contributed by atoms with Crippen molar-refractivity contribution in [3.8, 4) is 0 Å². The van der Waals surface area contributed by atoms with Gasteiger partial charge >= 0.3 is 0 Å². The van der Waals surface area contributed by atoms with E-state index in [1.807, 2.05) is 0 Å². The van der Waals surface area contributed by atoms with Gasteiger partial charge in [0, 0.05) is 6.61 Å². The average Bonchev–Trinajstić information content (AvgIpc) is 1.98. The molecule has 1 heteroatoms. The van der Waals surface area contributed by atoms with Crippen LogP contribution in [0.1, 0.15) is 32.6 Å². The molecule has 0 spiro atoms. The quantitative estimate of drug-likeness (QED) is 0.581. The number of aliphatic hydroxyl groups is 1.